The van der Waals surface area contributed by atoms with Crippen LogP contribution >= 0.6 is 11.6 Å². The van der Waals surface area contributed by atoms with Crippen molar-refractivity contribution in [2.24, 2.45) is 5.92 Å². The van der Waals surface area contributed by atoms with Crippen LogP contribution in [0.1, 0.15) is 48.9 Å². The van der Waals surface area contributed by atoms with Crippen LogP contribution in [0, 0.1) is 5.92 Å². The van der Waals surface area contributed by atoms with Gasteiger partial charge in [-0.3, -0.25) is 4.79 Å². The second kappa shape index (κ2) is 5.38. The van der Waals surface area contributed by atoms with Gasteiger partial charge in [-0.2, -0.15) is 0 Å². The Morgan fingerprint density at radius 1 is 1.32 bits per heavy atom. The summed E-state index contributed by atoms with van der Waals surface area (Å²) in [5.41, 5.74) is 1.66. The maximum Gasteiger partial charge on any atom is 0.165 e. The molecule has 1 saturated carbocycles. The highest BCUT2D eigenvalue weighted by atomic mass is 35.5. The molecule has 0 unspecified atom stereocenters. The van der Waals surface area contributed by atoms with Gasteiger partial charge in [0.2, 0.25) is 0 Å². The van der Waals surface area contributed by atoms with Crippen LogP contribution in [0.25, 0.3) is 10.9 Å². The second-order valence-corrected chi connectivity index (χ2v) is 5.88. The number of carbonyl (C=O) groups excluding carboxylic acids is 1. The van der Waals surface area contributed by atoms with Crippen molar-refractivity contribution in [3.63, 3.8) is 0 Å². The monoisotopic (exact) mass is 275 g/mol. The van der Waals surface area contributed by atoms with Crippen molar-refractivity contribution >= 4 is 28.3 Å². The molecule has 1 aromatic heterocycles. The van der Waals surface area contributed by atoms with Gasteiger partial charge >= 0.3 is 0 Å². The summed E-state index contributed by atoms with van der Waals surface area (Å²) < 4.78 is 0. The highest BCUT2D eigenvalue weighted by molar-refractivity contribution is 6.35. The van der Waals surface area contributed by atoms with Gasteiger partial charge in [-0.05, 0) is 18.4 Å². The molecule has 3 rings (SSSR count). The SMILES string of the molecule is O=C(CCC1CCCC1)c1c[nH]c2c(Cl)cccc12. The van der Waals surface area contributed by atoms with E-state index in [0.717, 1.165) is 28.8 Å². The van der Waals surface area contributed by atoms with Crippen LogP contribution in [0.5, 0.6) is 0 Å². The first-order chi connectivity index (χ1) is 9.25. The van der Waals surface area contributed by atoms with Crippen molar-refractivity contribution < 1.29 is 4.79 Å². The molecule has 1 aliphatic rings. The lowest BCUT2D eigenvalue weighted by Crippen LogP contribution is -2.02. The zero-order valence-electron chi connectivity index (χ0n) is 10.9. The fraction of sp³-hybridized carbons (Fsp3) is 0.438. The predicted octanol–water partition coefficient (Wildman–Crippen LogP) is 4.97. The number of aromatic nitrogens is 1. The van der Waals surface area contributed by atoms with Crippen molar-refractivity contribution in [2.75, 3.05) is 0 Å². The summed E-state index contributed by atoms with van der Waals surface area (Å²) in [6.45, 7) is 0. The van der Waals surface area contributed by atoms with E-state index in [2.05, 4.69) is 4.98 Å². The summed E-state index contributed by atoms with van der Waals surface area (Å²) in [6.07, 6.45) is 8.76. The average Bonchev–Trinajstić information content (AvgIpc) is 3.06. The summed E-state index contributed by atoms with van der Waals surface area (Å²) in [6, 6.07) is 5.69. The van der Waals surface area contributed by atoms with Gasteiger partial charge in [0, 0.05) is 23.6 Å². The zero-order chi connectivity index (χ0) is 13.2. The molecule has 0 atom stereocenters. The first-order valence-electron chi connectivity index (χ1n) is 7.04. The van der Waals surface area contributed by atoms with Crippen LogP contribution in [0.2, 0.25) is 5.02 Å². The fourth-order valence-corrected chi connectivity index (χ4v) is 3.35. The molecular weight excluding hydrogens is 258 g/mol. The number of aromatic amines is 1. The zero-order valence-corrected chi connectivity index (χ0v) is 11.7. The Hall–Kier alpha value is -1.28. The third-order valence-electron chi connectivity index (χ3n) is 4.22. The van der Waals surface area contributed by atoms with Crippen LogP contribution in [0.15, 0.2) is 24.4 Å². The molecule has 0 spiro atoms. The Morgan fingerprint density at radius 3 is 2.89 bits per heavy atom. The standard InChI is InChI=1S/C16H18ClNO/c17-14-7-3-6-12-13(10-18-16(12)14)15(19)9-8-11-4-1-2-5-11/h3,6-7,10-11,18H,1-2,4-5,8-9H2. The highest BCUT2D eigenvalue weighted by Crippen LogP contribution is 2.30. The molecule has 0 aliphatic heterocycles. The summed E-state index contributed by atoms with van der Waals surface area (Å²) in [7, 11) is 0. The number of benzene rings is 1. The van der Waals surface area contributed by atoms with Crippen LogP contribution in [-0.4, -0.2) is 10.8 Å². The lowest BCUT2D eigenvalue weighted by atomic mass is 9.97. The molecule has 0 amide bonds. The van der Waals surface area contributed by atoms with Gasteiger partial charge in [-0.25, -0.2) is 0 Å². The maximum absolute atomic E-state index is 12.3. The van der Waals surface area contributed by atoms with E-state index in [1.807, 2.05) is 18.2 Å². The van der Waals surface area contributed by atoms with Gasteiger partial charge in [-0.1, -0.05) is 49.4 Å². The lowest BCUT2D eigenvalue weighted by Gasteiger charge is -2.07. The van der Waals surface area contributed by atoms with Crippen LogP contribution in [0.4, 0.5) is 0 Å². The number of hydrogen-bond acceptors (Lipinski definition) is 1. The molecule has 0 bridgehead atoms. The molecule has 3 heteroatoms. The maximum atomic E-state index is 12.3. The number of ketones is 1. The highest BCUT2D eigenvalue weighted by Gasteiger charge is 2.18. The minimum Gasteiger partial charge on any atom is -0.359 e. The summed E-state index contributed by atoms with van der Waals surface area (Å²) >= 11 is 6.11. The lowest BCUT2D eigenvalue weighted by molar-refractivity contribution is 0.0975. The Morgan fingerprint density at radius 2 is 2.11 bits per heavy atom. The Balaban J connectivity index is 1.76. The van der Waals surface area contributed by atoms with E-state index >= 15 is 0 Å². The van der Waals surface area contributed by atoms with Gasteiger partial charge in [0.15, 0.2) is 5.78 Å². The first-order valence-corrected chi connectivity index (χ1v) is 7.42. The van der Waals surface area contributed by atoms with Crippen LogP contribution in [0.3, 0.4) is 0 Å². The first kappa shape index (κ1) is 12.7. The third-order valence-corrected chi connectivity index (χ3v) is 4.53. The molecular formula is C16H18ClNO. The molecule has 2 aromatic rings. The molecule has 1 fully saturated rings. The molecule has 1 aromatic carbocycles. The van der Waals surface area contributed by atoms with E-state index in [-0.39, 0.29) is 5.78 Å². The number of para-hydroxylation sites is 1. The number of rotatable bonds is 4. The van der Waals surface area contributed by atoms with E-state index in [4.69, 9.17) is 11.6 Å². The topological polar surface area (TPSA) is 32.9 Å². The smallest absolute Gasteiger partial charge is 0.165 e. The van der Waals surface area contributed by atoms with Crippen molar-refractivity contribution in [1.29, 1.82) is 0 Å². The number of fused-ring (bicyclic) bond motifs is 1. The largest absolute Gasteiger partial charge is 0.359 e. The normalized spacial score (nSPS) is 16.3. The van der Waals surface area contributed by atoms with Crippen LogP contribution < -0.4 is 0 Å². The molecule has 1 N–H and O–H groups in total. The quantitative estimate of drug-likeness (QED) is 0.785. The van der Waals surface area contributed by atoms with E-state index in [0.29, 0.717) is 11.4 Å². The summed E-state index contributed by atoms with van der Waals surface area (Å²) in [5, 5.41) is 1.62. The fourth-order valence-electron chi connectivity index (χ4n) is 3.12. The molecule has 1 heterocycles. The van der Waals surface area contributed by atoms with Crippen molar-refractivity contribution in [3.05, 3.63) is 35.0 Å². The van der Waals surface area contributed by atoms with E-state index in [9.17, 15) is 4.79 Å². The van der Waals surface area contributed by atoms with E-state index < -0.39 is 0 Å². The Kier molecular flexibility index (Phi) is 3.61. The van der Waals surface area contributed by atoms with Crippen molar-refractivity contribution in [1.82, 2.24) is 4.98 Å². The Labute approximate surface area is 118 Å². The molecule has 100 valence electrons. The molecule has 19 heavy (non-hydrogen) atoms. The Bertz CT molecular complexity index is 596. The number of H-pyrrole nitrogens is 1. The minimum absolute atomic E-state index is 0.236. The van der Waals surface area contributed by atoms with Crippen molar-refractivity contribution in [2.45, 2.75) is 38.5 Å². The van der Waals surface area contributed by atoms with Crippen molar-refractivity contribution in [3.8, 4) is 0 Å². The van der Waals surface area contributed by atoms with Gasteiger partial charge in [0.05, 0.1) is 10.5 Å². The summed E-state index contributed by atoms with van der Waals surface area (Å²) in [5.74, 6) is 0.998. The molecule has 1 aliphatic carbocycles. The van der Waals surface area contributed by atoms with Gasteiger partial charge in [0.25, 0.3) is 0 Å². The number of nitrogens with one attached hydrogen (secondary N) is 1. The third kappa shape index (κ3) is 2.55. The minimum atomic E-state index is 0.236. The second-order valence-electron chi connectivity index (χ2n) is 5.48. The number of carbonyl (C=O) groups is 1. The van der Waals surface area contributed by atoms with E-state index in [1.165, 1.54) is 25.7 Å². The molecule has 0 saturated heterocycles. The molecule has 2 nitrogen and oxygen atoms in total. The predicted molar refractivity (Wildman–Crippen MR) is 78.8 cm³/mol. The number of Topliss-reactive ketones (excluding diaryl/α,β-unsaturated/α-hetero) is 1. The number of hydrogen-bond donors (Lipinski definition) is 1. The summed E-state index contributed by atoms with van der Waals surface area (Å²) in [4.78, 5) is 15.4. The van der Waals surface area contributed by atoms with E-state index in [1.54, 1.807) is 6.20 Å². The number of halogens is 1. The van der Waals surface area contributed by atoms with Gasteiger partial charge < -0.3 is 4.98 Å². The van der Waals surface area contributed by atoms with Gasteiger partial charge in [-0.15, -0.1) is 0 Å². The molecule has 0 radical (unpaired) electrons. The van der Waals surface area contributed by atoms with Crippen LogP contribution in [-0.2, 0) is 0 Å². The van der Waals surface area contributed by atoms with Gasteiger partial charge in [0.1, 0.15) is 0 Å². The average molecular weight is 276 g/mol.